The minimum absolute atomic E-state index is 0.198. The average Bonchev–Trinajstić information content (AvgIpc) is 3.07. The van der Waals surface area contributed by atoms with Gasteiger partial charge in [-0.25, -0.2) is 0 Å². The van der Waals surface area contributed by atoms with E-state index in [9.17, 15) is 13.2 Å². The molecule has 1 aliphatic carbocycles. The van der Waals surface area contributed by atoms with Gasteiger partial charge < -0.3 is 11.1 Å². The molecule has 1 aromatic carbocycles. The highest BCUT2D eigenvalue weighted by Gasteiger charge is 2.62. The van der Waals surface area contributed by atoms with E-state index in [4.69, 9.17) is 5.73 Å². The van der Waals surface area contributed by atoms with Crippen LogP contribution in [0, 0.1) is 0 Å². The first-order chi connectivity index (χ1) is 8.45. The van der Waals surface area contributed by atoms with Crippen LogP contribution < -0.4 is 11.1 Å². The van der Waals surface area contributed by atoms with Gasteiger partial charge in [-0.15, -0.1) is 0 Å². The topological polar surface area (TPSA) is 38.0 Å². The van der Waals surface area contributed by atoms with Gasteiger partial charge in [-0.2, -0.15) is 13.2 Å². The van der Waals surface area contributed by atoms with Gasteiger partial charge in [0.25, 0.3) is 0 Å². The van der Waals surface area contributed by atoms with Gasteiger partial charge in [-0.1, -0.05) is 18.2 Å². The van der Waals surface area contributed by atoms with Gasteiger partial charge >= 0.3 is 6.18 Å². The van der Waals surface area contributed by atoms with Crippen molar-refractivity contribution in [3.05, 3.63) is 29.8 Å². The van der Waals surface area contributed by atoms with E-state index in [0.29, 0.717) is 25.1 Å². The van der Waals surface area contributed by atoms with Crippen molar-refractivity contribution in [1.29, 1.82) is 0 Å². The minimum Gasteiger partial charge on any atom is -0.399 e. The highest BCUT2D eigenvalue weighted by Crippen LogP contribution is 2.48. The van der Waals surface area contributed by atoms with Crippen LogP contribution in [0.15, 0.2) is 24.3 Å². The second-order valence-corrected chi connectivity index (χ2v) is 4.81. The first kappa shape index (κ1) is 13.2. The molecule has 0 radical (unpaired) electrons. The third-order valence-corrected chi connectivity index (χ3v) is 3.43. The summed E-state index contributed by atoms with van der Waals surface area (Å²) in [7, 11) is 0. The summed E-state index contributed by atoms with van der Waals surface area (Å²) in [6.45, 7) is 0.369. The summed E-state index contributed by atoms with van der Waals surface area (Å²) in [5.41, 5.74) is 5.87. The number of anilines is 1. The van der Waals surface area contributed by atoms with Crippen LogP contribution in [0.5, 0.6) is 0 Å². The highest BCUT2D eigenvalue weighted by atomic mass is 19.4. The smallest absolute Gasteiger partial charge is 0.399 e. The molecule has 18 heavy (non-hydrogen) atoms. The zero-order valence-electron chi connectivity index (χ0n) is 10.1. The van der Waals surface area contributed by atoms with Gasteiger partial charge in [0.05, 0.1) is 0 Å². The molecule has 0 heterocycles. The molecule has 1 aliphatic rings. The number of nitrogens with two attached hydrogens (primary N) is 1. The molecule has 0 bridgehead atoms. The van der Waals surface area contributed by atoms with Crippen molar-refractivity contribution in [2.24, 2.45) is 0 Å². The van der Waals surface area contributed by atoms with Crippen LogP contribution >= 0.6 is 0 Å². The van der Waals surface area contributed by atoms with Crippen LogP contribution in [0.3, 0.4) is 0 Å². The lowest BCUT2D eigenvalue weighted by molar-refractivity contribution is -0.165. The Kier molecular flexibility index (Phi) is 3.52. The van der Waals surface area contributed by atoms with Crippen LogP contribution in [0.25, 0.3) is 0 Å². The number of halogens is 3. The molecule has 100 valence electrons. The second-order valence-electron chi connectivity index (χ2n) is 4.81. The fourth-order valence-electron chi connectivity index (χ4n) is 2.05. The predicted octanol–water partition coefficient (Wildman–Crippen LogP) is 2.89. The van der Waals surface area contributed by atoms with E-state index in [0.717, 1.165) is 5.56 Å². The Bertz CT molecular complexity index is 411. The van der Waals surface area contributed by atoms with Gasteiger partial charge in [-0.3, -0.25) is 0 Å². The van der Waals surface area contributed by atoms with Crippen molar-refractivity contribution in [2.75, 3.05) is 12.3 Å². The molecule has 5 heteroatoms. The van der Waals surface area contributed by atoms with Crippen molar-refractivity contribution >= 4 is 5.69 Å². The van der Waals surface area contributed by atoms with Gasteiger partial charge in [0.15, 0.2) is 0 Å². The number of hydrogen-bond acceptors (Lipinski definition) is 2. The van der Waals surface area contributed by atoms with E-state index in [1.54, 1.807) is 6.07 Å². The zero-order chi connectivity index (χ0) is 13.2. The van der Waals surface area contributed by atoms with E-state index >= 15 is 0 Å². The quantitative estimate of drug-likeness (QED) is 0.629. The normalized spacial score (nSPS) is 17.7. The predicted molar refractivity (Wildman–Crippen MR) is 65.2 cm³/mol. The molecule has 0 aromatic heterocycles. The summed E-state index contributed by atoms with van der Waals surface area (Å²) in [4.78, 5) is 0. The molecule has 0 aliphatic heterocycles. The van der Waals surface area contributed by atoms with Crippen molar-refractivity contribution in [3.8, 4) is 0 Å². The van der Waals surface area contributed by atoms with Crippen LogP contribution in [0.1, 0.15) is 24.8 Å². The molecule has 2 rings (SSSR count). The van der Waals surface area contributed by atoms with E-state index < -0.39 is 11.7 Å². The van der Waals surface area contributed by atoms with Crippen LogP contribution in [0.4, 0.5) is 18.9 Å². The molecule has 0 amide bonds. The summed E-state index contributed by atoms with van der Waals surface area (Å²) in [6.07, 6.45) is -2.37. The van der Waals surface area contributed by atoms with E-state index in [1.807, 2.05) is 18.2 Å². The number of alkyl halides is 3. The number of nitrogen functional groups attached to an aromatic ring is 1. The highest BCUT2D eigenvalue weighted by molar-refractivity contribution is 5.46. The largest absolute Gasteiger partial charge is 0.406 e. The van der Waals surface area contributed by atoms with Gasteiger partial charge in [0.1, 0.15) is 5.54 Å². The van der Waals surface area contributed by atoms with Gasteiger partial charge in [-0.05, 0) is 43.9 Å². The Morgan fingerprint density at radius 1 is 1.22 bits per heavy atom. The van der Waals surface area contributed by atoms with E-state index in [1.165, 1.54) is 0 Å². The molecule has 1 fully saturated rings. The molecule has 0 unspecified atom stereocenters. The first-order valence-electron chi connectivity index (χ1n) is 6.10. The zero-order valence-corrected chi connectivity index (χ0v) is 10.1. The lowest BCUT2D eigenvalue weighted by Crippen LogP contribution is -2.45. The fraction of sp³-hybridized carbons (Fsp3) is 0.538. The van der Waals surface area contributed by atoms with Gasteiger partial charge in [0.2, 0.25) is 0 Å². The first-order valence-corrected chi connectivity index (χ1v) is 6.10. The molecular weight excluding hydrogens is 241 g/mol. The van der Waals surface area contributed by atoms with Crippen LogP contribution in [0.2, 0.25) is 0 Å². The Balaban J connectivity index is 1.76. The van der Waals surface area contributed by atoms with Crippen molar-refractivity contribution in [2.45, 2.75) is 37.4 Å². The van der Waals surface area contributed by atoms with Crippen molar-refractivity contribution < 1.29 is 13.2 Å². The molecular formula is C13H17F3N2. The fourth-order valence-corrected chi connectivity index (χ4v) is 2.05. The molecule has 2 nitrogen and oxygen atoms in total. The Morgan fingerprint density at radius 2 is 1.89 bits per heavy atom. The minimum atomic E-state index is -4.13. The summed E-state index contributed by atoms with van der Waals surface area (Å²) >= 11 is 0. The van der Waals surface area contributed by atoms with E-state index in [-0.39, 0.29) is 12.8 Å². The number of hydrogen-bond donors (Lipinski definition) is 2. The number of aryl methyl sites for hydroxylation is 1. The Labute approximate surface area is 104 Å². The number of benzene rings is 1. The van der Waals surface area contributed by atoms with Crippen LogP contribution in [-0.2, 0) is 6.42 Å². The maximum absolute atomic E-state index is 12.6. The lowest BCUT2D eigenvalue weighted by atomic mass is 10.1. The van der Waals surface area contributed by atoms with Crippen LogP contribution in [-0.4, -0.2) is 18.3 Å². The molecule has 1 aromatic rings. The molecule has 0 spiro atoms. The summed E-state index contributed by atoms with van der Waals surface area (Å²) in [5, 5.41) is 2.63. The monoisotopic (exact) mass is 258 g/mol. The molecule has 0 saturated heterocycles. The lowest BCUT2D eigenvalue weighted by Gasteiger charge is -2.20. The Morgan fingerprint density at radius 3 is 2.44 bits per heavy atom. The second kappa shape index (κ2) is 4.80. The summed E-state index contributed by atoms with van der Waals surface area (Å²) in [6, 6.07) is 7.45. The van der Waals surface area contributed by atoms with Crippen molar-refractivity contribution in [3.63, 3.8) is 0 Å². The Hall–Kier alpha value is -1.23. The maximum atomic E-state index is 12.6. The third-order valence-electron chi connectivity index (χ3n) is 3.43. The number of rotatable bonds is 5. The summed E-state index contributed by atoms with van der Waals surface area (Å²) < 4.78 is 37.9. The summed E-state index contributed by atoms with van der Waals surface area (Å²) in [5.74, 6) is 0. The van der Waals surface area contributed by atoms with Crippen molar-refractivity contribution in [1.82, 2.24) is 5.32 Å². The van der Waals surface area contributed by atoms with E-state index in [2.05, 4.69) is 5.32 Å². The SMILES string of the molecule is Nc1ccccc1CCCNC1(C(F)(F)F)CC1. The third kappa shape index (κ3) is 2.77. The number of nitrogens with one attached hydrogen (secondary N) is 1. The molecule has 3 N–H and O–H groups in total. The van der Waals surface area contributed by atoms with Gasteiger partial charge in [0, 0.05) is 5.69 Å². The number of para-hydroxylation sites is 1. The average molecular weight is 258 g/mol. The standard InChI is InChI=1S/C13H17F3N2/c14-13(15,16)12(7-8-12)18-9-3-5-10-4-1-2-6-11(10)17/h1-2,4,6,18H,3,5,7-9,17H2. The molecule has 1 saturated carbocycles. The maximum Gasteiger partial charge on any atom is 0.406 e. The molecule has 0 atom stereocenters.